The van der Waals surface area contributed by atoms with E-state index in [2.05, 4.69) is 18.7 Å². The van der Waals surface area contributed by atoms with Crippen LogP contribution in [0, 0.1) is 0 Å². The lowest BCUT2D eigenvalue weighted by molar-refractivity contribution is -0.123. The van der Waals surface area contributed by atoms with Crippen LogP contribution in [0.5, 0.6) is 0 Å². The van der Waals surface area contributed by atoms with Crippen LogP contribution >= 0.6 is 0 Å². The number of amides is 3. The minimum Gasteiger partial charge on any atom is -0.443 e. The van der Waals surface area contributed by atoms with E-state index in [0.717, 1.165) is 31.0 Å². The summed E-state index contributed by atoms with van der Waals surface area (Å²) in [5.41, 5.74) is 4.13. The van der Waals surface area contributed by atoms with Gasteiger partial charge in [-0.25, -0.2) is 9.59 Å². The molecule has 1 atom stereocenters. The van der Waals surface area contributed by atoms with Gasteiger partial charge in [-0.15, -0.1) is 0 Å². The largest absolute Gasteiger partial charge is 0.443 e. The highest BCUT2D eigenvalue weighted by Gasteiger charge is 2.39. The third-order valence-electron chi connectivity index (χ3n) is 11.7. The number of carbonyl (C=O) groups excluding carboxylic acids is 3. The second-order valence-corrected chi connectivity index (χ2v) is 20.2. The van der Waals surface area contributed by atoms with E-state index in [-0.39, 0.29) is 6.42 Å². The molecule has 0 heterocycles. The van der Waals surface area contributed by atoms with Gasteiger partial charge in [0.05, 0.1) is 0 Å². The molecule has 8 heteroatoms. The highest BCUT2D eigenvalue weighted by Crippen LogP contribution is 2.21. The molecule has 0 aliphatic rings. The summed E-state index contributed by atoms with van der Waals surface area (Å²) in [4.78, 5) is 42.5. The molecule has 0 aliphatic carbocycles. The molecular formula is C52H103N3O5. The molecule has 3 amide bonds. The lowest BCUT2D eigenvalue weighted by Gasteiger charge is -2.32. The molecule has 2 N–H and O–H groups in total. The smallest absolute Gasteiger partial charge is 0.420 e. The molecule has 0 aromatic rings. The second kappa shape index (κ2) is 38.8. The average Bonchev–Trinajstić information content (AvgIpc) is 3.16. The number of imide groups is 1. The molecule has 0 radical (unpaired) electrons. The van der Waals surface area contributed by atoms with Crippen LogP contribution in [0.4, 0.5) is 9.59 Å². The molecule has 0 bridgehead atoms. The van der Waals surface area contributed by atoms with Crippen LogP contribution in [0.1, 0.15) is 280 Å². The van der Waals surface area contributed by atoms with Gasteiger partial charge in [0.25, 0.3) is 0 Å². The summed E-state index contributed by atoms with van der Waals surface area (Å²) in [5, 5.41) is 0. The number of hydrogen-bond donors (Lipinski definition) is 1. The molecule has 0 unspecified atom stereocenters. The Balaban J connectivity index is 4.80. The molecule has 356 valence electrons. The Hall–Kier alpha value is -1.83. The van der Waals surface area contributed by atoms with Crippen molar-refractivity contribution in [1.82, 2.24) is 9.80 Å². The van der Waals surface area contributed by atoms with Gasteiger partial charge < -0.3 is 20.1 Å². The maximum absolute atomic E-state index is 13.2. The zero-order valence-corrected chi connectivity index (χ0v) is 41.5. The highest BCUT2D eigenvalue weighted by atomic mass is 16.6. The highest BCUT2D eigenvalue weighted by molar-refractivity contribution is 5.95. The van der Waals surface area contributed by atoms with Crippen LogP contribution in [0.25, 0.3) is 0 Å². The van der Waals surface area contributed by atoms with Crippen LogP contribution in [-0.2, 0) is 14.3 Å². The van der Waals surface area contributed by atoms with Crippen molar-refractivity contribution >= 4 is 18.1 Å². The molecule has 0 spiro atoms. The monoisotopic (exact) mass is 850 g/mol. The van der Waals surface area contributed by atoms with Gasteiger partial charge in [0, 0.05) is 0 Å². The third-order valence-corrected chi connectivity index (χ3v) is 11.7. The lowest BCUT2D eigenvalue weighted by Crippen LogP contribution is -2.53. The summed E-state index contributed by atoms with van der Waals surface area (Å²) < 4.78 is 11.1. The van der Waals surface area contributed by atoms with Crippen LogP contribution in [0.15, 0.2) is 0 Å². The number of rotatable bonds is 41. The zero-order chi connectivity index (χ0) is 44.7. The summed E-state index contributed by atoms with van der Waals surface area (Å²) in [6.07, 6.45) is 43.9. The Labute approximate surface area is 373 Å². The summed E-state index contributed by atoms with van der Waals surface area (Å²) >= 11 is 0. The van der Waals surface area contributed by atoms with Crippen molar-refractivity contribution in [2.75, 3.05) is 19.6 Å². The van der Waals surface area contributed by atoms with Crippen molar-refractivity contribution in [2.24, 2.45) is 5.73 Å². The fourth-order valence-corrected chi connectivity index (χ4v) is 8.13. The fourth-order valence-electron chi connectivity index (χ4n) is 8.13. The third kappa shape index (κ3) is 37.9. The van der Waals surface area contributed by atoms with E-state index in [1.165, 1.54) is 205 Å². The first-order valence-corrected chi connectivity index (χ1v) is 26.0. The molecule has 60 heavy (non-hydrogen) atoms. The van der Waals surface area contributed by atoms with E-state index in [1.54, 1.807) is 41.5 Å². The summed E-state index contributed by atoms with van der Waals surface area (Å²) in [7, 11) is 0. The van der Waals surface area contributed by atoms with E-state index in [4.69, 9.17) is 15.2 Å². The van der Waals surface area contributed by atoms with Gasteiger partial charge in [-0.1, -0.05) is 206 Å². The first-order chi connectivity index (χ1) is 28.7. The van der Waals surface area contributed by atoms with Crippen molar-refractivity contribution in [2.45, 2.75) is 297 Å². The summed E-state index contributed by atoms with van der Waals surface area (Å²) in [6, 6.07) is -1.14. The molecule has 0 saturated carbocycles. The molecule has 0 aliphatic heterocycles. The number of hydrogen-bond acceptors (Lipinski definition) is 6. The topological polar surface area (TPSA) is 102 Å². The number of carbonyl (C=O) groups is 3. The molecular weight excluding hydrogens is 747 g/mol. The van der Waals surface area contributed by atoms with Gasteiger partial charge in [-0.05, 0) is 93.3 Å². The standard InChI is InChI=1S/C52H103N3O5/c1-9-11-13-15-17-19-21-23-25-27-29-31-33-35-37-40-44-54(45-41-38-36-34-32-30-28-26-24-22-20-18-16-14-12-10-2)46-42-39-43-47(48(53)56)55(49(57)59-51(3,4)5)50(58)60-52(6,7)8/h47H,9-46H2,1-8H3,(H2,53,56)/t47-/m0/s1. The van der Waals surface area contributed by atoms with Gasteiger partial charge in [-0.3, -0.25) is 4.79 Å². The van der Waals surface area contributed by atoms with Crippen molar-refractivity contribution in [1.29, 1.82) is 0 Å². The molecule has 0 aromatic carbocycles. The van der Waals surface area contributed by atoms with Crippen LogP contribution in [-0.4, -0.2) is 64.8 Å². The normalized spacial score (nSPS) is 12.6. The summed E-state index contributed by atoms with van der Waals surface area (Å²) in [5.74, 6) is -0.732. The van der Waals surface area contributed by atoms with Crippen LogP contribution < -0.4 is 5.73 Å². The number of ether oxygens (including phenoxy) is 2. The van der Waals surface area contributed by atoms with Crippen LogP contribution in [0.2, 0.25) is 0 Å². The number of nitrogens with zero attached hydrogens (tertiary/aromatic N) is 2. The summed E-state index contributed by atoms with van der Waals surface area (Å²) in [6.45, 7) is 18.1. The van der Waals surface area contributed by atoms with E-state index in [9.17, 15) is 14.4 Å². The molecule has 8 nitrogen and oxygen atoms in total. The quantitative estimate of drug-likeness (QED) is 0.0615. The Bertz CT molecular complexity index is 943. The minimum atomic E-state index is -1.14. The Morgan fingerprint density at radius 1 is 0.400 bits per heavy atom. The fraction of sp³-hybridized carbons (Fsp3) is 0.942. The number of unbranched alkanes of at least 4 members (excludes halogenated alkanes) is 31. The molecule has 0 aromatic heterocycles. The van der Waals surface area contributed by atoms with Crippen molar-refractivity contribution in [3.63, 3.8) is 0 Å². The van der Waals surface area contributed by atoms with Crippen molar-refractivity contribution in [3.05, 3.63) is 0 Å². The van der Waals surface area contributed by atoms with Gasteiger partial charge in [0.2, 0.25) is 5.91 Å². The van der Waals surface area contributed by atoms with E-state index in [1.807, 2.05) is 0 Å². The predicted molar refractivity (Wildman–Crippen MR) is 257 cm³/mol. The first-order valence-electron chi connectivity index (χ1n) is 26.0. The number of primary amides is 1. The predicted octanol–water partition coefficient (Wildman–Crippen LogP) is 16.0. The minimum absolute atomic E-state index is 0.278. The van der Waals surface area contributed by atoms with Crippen molar-refractivity contribution in [3.8, 4) is 0 Å². The number of nitrogens with two attached hydrogens (primary N) is 1. The zero-order valence-electron chi connectivity index (χ0n) is 41.5. The van der Waals surface area contributed by atoms with Gasteiger partial charge >= 0.3 is 12.2 Å². The second-order valence-electron chi connectivity index (χ2n) is 20.2. The first kappa shape index (κ1) is 58.2. The van der Waals surface area contributed by atoms with E-state index >= 15 is 0 Å². The van der Waals surface area contributed by atoms with Crippen molar-refractivity contribution < 1.29 is 23.9 Å². The molecule has 0 saturated heterocycles. The Morgan fingerprint density at radius 2 is 0.633 bits per heavy atom. The maximum Gasteiger partial charge on any atom is 0.420 e. The SMILES string of the molecule is CCCCCCCCCCCCCCCCCCN(CCCCCCCCCCCCCCCCCC)CCCC[C@@H](C(N)=O)N(C(=O)OC(C)(C)C)C(=O)OC(C)(C)C. The maximum atomic E-state index is 13.2. The van der Waals surface area contributed by atoms with Crippen LogP contribution in [0.3, 0.4) is 0 Å². The lowest BCUT2D eigenvalue weighted by atomic mass is 10.0. The van der Waals surface area contributed by atoms with Gasteiger partial charge in [0.1, 0.15) is 17.2 Å². The van der Waals surface area contributed by atoms with Gasteiger partial charge in [0.15, 0.2) is 0 Å². The Morgan fingerprint density at radius 3 is 0.867 bits per heavy atom. The van der Waals surface area contributed by atoms with E-state index < -0.39 is 35.3 Å². The molecule has 0 fully saturated rings. The molecule has 0 rings (SSSR count). The van der Waals surface area contributed by atoms with Gasteiger partial charge in [-0.2, -0.15) is 4.90 Å². The van der Waals surface area contributed by atoms with E-state index in [0.29, 0.717) is 6.42 Å². The average molecular weight is 850 g/mol. The Kier molecular flexibility index (Phi) is 37.6.